The Morgan fingerprint density at radius 2 is 1.67 bits per heavy atom. The number of nitrogens with two attached hydrogens (primary N) is 2. The molecule has 0 saturated carbocycles. The highest BCUT2D eigenvalue weighted by molar-refractivity contribution is 14.0. The van der Waals surface area contributed by atoms with E-state index in [0.29, 0.717) is 0 Å². The van der Waals surface area contributed by atoms with Gasteiger partial charge in [-0.2, -0.15) is 0 Å². The molecule has 0 saturated heterocycles. The summed E-state index contributed by atoms with van der Waals surface area (Å²) in [4.78, 5) is 0. The van der Waals surface area contributed by atoms with Gasteiger partial charge in [-0.05, 0) is 6.26 Å². The van der Waals surface area contributed by atoms with E-state index in [9.17, 15) is 0 Å². The van der Waals surface area contributed by atoms with Gasteiger partial charge in [-0.25, -0.2) is 0 Å². The van der Waals surface area contributed by atoms with Gasteiger partial charge in [0.05, 0.1) is 0 Å². The van der Waals surface area contributed by atoms with Crippen molar-refractivity contribution in [2.75, 3.05) is 6.26 Å². The van der Waals surface area contributed by atoms with E-state index < -0.39 is 0 Å². The summed E-state index contributed by atoms with van der Waals surface area (Å²) in [6, 6.07) is 0. The van der Waals surface area contributed by atoms with Crippen molar-refractivity contribution >= 4 is 35.7 Å². The van der Waals surface area contributed by atoms with Gasteiger partial charge in [-0.3, -0.25) is 0 Å². The molecule has 0 unspecified atom stereocenters. The van der Waals surface area contributed by atoms with Gasteiger partial charge in [0.2, 0.25) is 0 Å². The largest absolute Gasteiger partial charge is 0.308 e. The Morgan fingerprint density at radius 1 is 1.50 bits per heavy atom. The number of thioether (sulfide) groups is 1. The molecule has 0 fully saturated rings. The first-order valence-corrected chi connectivity index (χ1v) is 2.60. The van der Waals surface area contributed by atoms with Crippen LogP contribution in [0, 0.1) is 0 Å². The maximum Gasteiger partial charge on any atom is 0.100 e. The molecule has 0 radical (unpaired) electrons. The first kappa shape index (κ1) is 10.1. The van der Waals surface area contributed by atoms with Crippen LogP contribution in [0.25, 0.3) is 0 Å². The summed E-state index contributed by atoms with van der Waals surface area (Å²) in [6.45, 7) is 0. The van der Waals surface area contributed by atoms with E-state index in [1.165, 1.54) is 11.8 Å². The van der Waals surface area contributed by atoms with E-state index >= 15 is 0 Å². The van der Waals surface area contributed by atoms with Crippen molar-refractivity contribution < 1.29 is 0 Å². The molecule has 0 atom stereocenters. The zero-order valence-electron chi connectivity index (χ0n) is 3.55. The van der Waals surface area contributed by atoms with Gasteiger partial charge in [0, 0.05) is 0 Å². The van der Waals surface area contributed by atoms with Gasteiger partial charge in [0.1, 0.15) is 5.50 Å². The second-order valence-electron chi connectivity index (χ2n) is 0.700. The first-order chi connectivity index (χ1) is 2.27. The molecule has 0 aromatic carbocycles. The fourth-order valence-corrected chi connectivity index (χ4v) is 0. The number of rotatable bonds is 1. The van der Waals surface area contributed by atoms with Gasteiger partial charge in [0.15, 0.2) is 0 Å². The van der Waals surface area contributed by atoms with Crippen LogP contribution in [0.4, 0.5) is 0 Å². The molecule has 0 aromatic heterocycles. The highest BCUT2D eigenvalue weighted by atomic mass is 127. The van der Waals surface area contributed by atoms with Crippen molar-refractivity contribution in [3.8, 4) is 0 Å². The summed E-state index contributed by atoms with van der Waals surface area (Å²) in [5.41, 5.74) is 9.87. The summed E-state index contributed by atoms with van der Waals surface area (Å²) in [5.74, 6) is 0. The molecule has 0 spiro atoms. The second-order valence-corrected chi connectivity index (χ2v) is 1.72. The van der Waals surface area contributed by atoms with Crippen LogP contribution >= 0.6 is 35.7 Å². The lowest BCUT2D eigenvalue weighted by Gasteiger charge is -1.92. The fraction of sp³-hybridized carbons (Fsp3) is 1.00. The van der Waals surface area contributed by atoms with Crippen molar-refractivity contribution in [1.29, 1.82) is 0 Å². The van der Waals surface area contributed by atoms with Gasteiger partial charge in [-0.15, -0.1) is 35.7 Å². The summed E-state index contributed by atoms with van der Waals surface area (Å²) in [6.07, 6.45) is 1.87. The zero-order valence-corrected chi connectivity index (χ0v) is 6.70. The molecule has 4 N–H and O–H groups in total. The lowest BCUT2D eigenvalue weighted by atomic mass is 11.2. The molecule has 4 heteroatoms. The normalized spacial score (nSPS) is 8.00. The topological polar surface area (TPSA) is 52.0 Å². The molecule has 0 rings (SSSR count). The van der Waals surface area contributed by atoms with Gasteiger partial charge < -0.3 is 11.5 Å². The molecular formula is C2H9IN2S. The van der Waals surface area contributed by atoms with E-state index in [-0.39, 0.29) is 29.5 Å². The molecule has 0 aromatic rings. The Bertz CT molecular complexity index is 25.5. The molecule has 0 aliphatic carbocycles. The van der Waals surface area contributed by atoms with Crippen LogP contribution in [-0.2, 0) is 0 Å². The molecule has 40 valence electrons. The third-order valence-corrected chi connectivity index (χ3v) is 0.816. The van der Waals surface area contributed by atoms with E-state index in [1.807, 2.05) is 6.26 Å². The Kier molecular flexibility index (Phi) is 10.1. The number of hydrogen-bond donors (Lipinski definition) is 2. The van der Waals surface area contributed by atoms with Crippen LogP contribution in [0.15, 0.2) is 0 Å². The maximum absolute atomic E-state index is 5.03. The minimum absolute atomic E-state index is 0. The zero-order chi connectivity index (χ0) is 4.28. The second kappa shape index (κ2) is 6.00. The summed E-state index contributed by atoms with van der Waals surface area (Å²) < 4.78 is 0. The molecule has 0 aliphatic heterocycles. The molecule has 6 heavy (non-hydrogen) atoms. The lowest BCUT2D eigenvalue weighted by molar-refractivity contribution is 0.992. The highest BCUT2D eigenvalue weighted by Crippen LogP contribution is 1.86. The van der Waals surface area contributed by atoms with Crippen molar-refractivity contribution in [3.05, 3.63) is 0 Å². The smallest absolute Gasteiger partial charge is 0.100 e. The predicted octanol–water partition coefficient (Wildman–Crippen LogP) is 0.168. The van der Waals surface area contributed by atoms with E-state index in [0.717, 1.165) is 0 Å². The Labute approximate surface area is 59.1 Å². The molecule has 0 amide bonds. The average molecular weight is 220 g/mol. The van der Waals surface area contributed by atoms with E-state index in [2.05, 4.69) is 0 Å². The quantitative estimate of drug-likeness (QED) is 0.489. The van der Waals surface area contributed by atoms with Gasteiger partial charge in [0.25, 0.3) is 0 Å². The summed E-state index contributed by atoms with van der Waals surface area (Å²) in [7, 11) is 0. The van der Waals surface area contributed by atoms with Crippen molar-refractivity contribution in [3.63, 3.8) is 0 Å². The standard InChI is InChI=1S/C2H8N2S.HI/c1-5-2(3)4;/h2H,3-4H2,1H3;1H. The van der Waals surface area contributed by atoms with Crippen molar-refractivity contribution in [2.45, 2.75) is 5.50 Å². The van der Waals surface area contributed by atoms with Gasteiger partial charge in [-0.1, -0.05) is 0 Å². The Balaban J connectivity index is 0. The first-order valence-electron chi connectivity index (χ1n) is 1.31. The van der Waals surface area contributed by atoms with Crippen molar-refractivity contribution in [2.24, 2.45) is 11.5 Å². The Morgan fingerprint density at radius 3 is 1.67 bits per heavy atom. The van der Waals surface area contributed by atoms with Crippen LogP contribution < -0.4 is 11.5 Å². The molecular weight excluding hydrogens is 211 g/mol. The van der Waals surface area contributed by atoms with E-state index in [4.69, 9.17) is 11.5 Å². The molecule has 2 nitrogen and oxygen atoms in total. The van der Waals surface area contributed by atoms with Crippen LogP contribution in [-0.4, -0.2) is 11.8 Å². The monoisotopic (exact) mass is 220 g/mol. The summed E-state index contributed by atoms with van der Waals surface area (Å²) >= 11 is 1.44. The van der Waals surface area contributed by atoms with Gasteiger partial charge >= 0.3 is 0 Å². The van der Waals surface area contributed by atoms with Crippen LogP contribution in [0.1, 0.15) is 0 Å². The third-order valence-electron chi connectivity index (χ3n) is 0.272. The SMILES string of the molecule is CSC(N)N.I. The highest BCUT2D eigenvalue weighted by Gasteiger charge is 1.79. The Hall–Kier alpha value is 1.00. The fourth-order valence-electron chi connectivity index (χ4n) is 0. The predicted molar refractivity (Wildman–Crippen MR) is 41.1 cm³/mol. The molecule has 0 aliphatic rings. The minimum atomic E-state index is -0.199. The van der Waals surface area contributed by atoms with E-state index in [1.54, 1.807) is 0 Å². The molecule has 0 heterocycles. The van der Waals surface area contributed by atoms with Crippen LogP contribution in [0.2, 0.25) is 0 Å². The average Bonchev–Trinajstić information content (AvgIpc) is 1.38. The number of halogens is 1. The van der Waals surface area contributed by atoms with Crippen LogP contribution in [0.3, 0.4) is 0 Å². The van der Waals surface area contributed by atoms with Crippen molar-refractivity contribution in [1.82, 2.24) is 0 Å². The van der Waals surface area contributed by atoms with Crippen LogP contribution in [0.5, 0.6) is 0 Å². The number of hydrogen-bond acceptors (Lipinski definition) is 3. The lowest BCUT2D eigenvalue weighted by Crippen LogP contribution is -2.25. The minimum Gasteiger partial charge on any atom is -0.308 e. The maximum atomic E-state index is 5.03. The molecule has 0 bridgehead atoms. The summed E-state index contributed by atoms with van der Waals surface area (Å²) in [5, 5.41) is 0. The third kappa shape index (κ3) is 8.89.